The molecule has 0 unspecified atom stereocenters. The molecule has 0 bridgehead atoms. The average Bonchev–Trinajstić information content (AvgIpc) is 2.01. The van der Waals surface area contributed by atoms with Gasteiger partial charge in [-0.3, -0.25) is 0 Å². The molecule has 6 heteroatoms. The van der Waals surface area contributed by atoms with Crippen LogP contribution in [0.1, 0.15) is 17.2 Å². The third-order valence-electron chi connectivity index (χ3n) is 1.81. The van der Waals surface area contributed by atoms with E-state index in [1.54, 1.807) is 0 Å². The Bertz CT molecular complexity index is 338. The Hall–Kier alpha value is -0.810. The molecule has 1 aromatic heterocycles. The molecule has 0 aliphatic rings. The fourth-order valence-electron chi connectivity index (χ4n) is 1.03. The molecule has 2 N–H and O–H groups in total. The van der Waals surface area contributed by atoms with Crippen LogP contribution in [0.5, 0.6) is 0 Å². The SMILES string of the molecule is Cc1cc(Cl)ncc1[C@@H](N)C(F)(F)F. The van der Waals surface area contributed by atoms with Gasteiger partial charge in [0.2, 0.25) is 0 Å². The summed E-state index contributed by atoms with van der Waals surface area (Å²) in [5, 5.41) is 0.153. The van der Waals surface area contributed by atoms with Gasteiger partial charge in [-0.2, -0.15) is 13.2 Å². The van der Waals surface area contributed by atoms with Crippen molar-refractivity contribution in [2.45, 2.75) is 19.1 Å². The van der Waals surface area contributed by atoms with Gasteiger partial charge in [-0.1, -0.05) is 11.6 Å². The lowest BCUT2D eigenvalue weighted by atomic mass is 10.0. The highest BCUT2D eigenvalue weighted by molar-refractivity contribution is 6.29. The molecule has 14 heavy (non-hydrogen) atoms. The van der Waals surface area contributed by atoms with Crippen molar-refractivity contribution in [3.63, 3.8) is 0 Å². The second-order valence-electron chi connectivity index (χ2n) is 2.88. The van der Waals surface area contributed by atoms with Gasteiger partial charge in [-0.05, 0) is 24.1 Å². The van der Waals surface area contributed by atoms with E-state index < -0.39 is 12.2 Å². The predicted molar refractivity (Wildman–Crippen MR) is 47.0 cm³/mol. The minimum Gasteiger partial charge on any atom is -0.316 e. The van der Waals surface area contributed by atoms with Crippen LogP contribution in [0, 0.1) is 6.92 Å². The fraction of sp³-hybridized carbons (Fsp3) is 0.375. The van der Waals surface area contributed by atoms with Gasteiger partial charge in [-0.15, -0.1) is 0 Å². The van der Waals surface area contributed by atoms with Crippen molar-refractivity contribution in [3.8, 4) is 0 Å². The van der Waals surface area contributed by atoms with Crippen LogP contribution in [-0.2, 0) is 0 Å². The fourth-order valence-corrected chi connectivity index (χ4v) is 1.25. The number of rotatable bonds is 1. The van der Waals surface area contributed by atoms with Gasteiger partial charge in [-0.25, -0.2) is 4.98 Å². The Morgan fingerprint density at radius 3 is 2.50 bits per heavy atom. The number of aryl methyl sites for hydroxylation is 1. The largest absolute Gasteiger partial charge is 0.407 e. The third kappa shape index (κ3) is 2.36. The van der Waals surface area contributed by atoms with E-state index in [9.17, 15) is 13.2 Å². The standard InChI is InChI=1S/C8H8ClF3N2/c1-4-2-6(9)14-3-5(4)7(13)8(10,11)12/h2-3,7H,13H2,1H3/t7-/m1/s1. The van der Waals surface area contributed by atoms with Gasteiger partial charge >= 0.3 is 6.18 Å². The smallest absolute Gasteiger partial charge is 0.316 e. The lowest BCUT2D eigenvalue weighted by molar-refractivity contribution is -0.149. The molecule has 78 valence electrons. The monoisotopic (exact) mass is 224 g/mol. The topological polar surface area (TPSA) is 38.9 Å². The van der Waals surface area contributed by atoms with Crippen molar-refractivity contribution >= 4 is 11.6 Å². The number of hydrogen-bond donors (Lipinski definition) is 1. The van der Waals surface area contributed by atoms with Crippen LogP contribution in [-0.4, -0.2) is 11.2 Å². The second-order valence-corrected chi connectivity index (χ2v) is 3.27. The minimum absolute atomic E-state index is 0.0538. The van der Waals surface area contributed by atoms with Crippen molar-refractivity contribution < 1.29 is 13.2 Å². The number of aromatic nitrogens is 1. The maximum atomic E-state index is 12.2. The van der Waals surface area contributed by atoms with E-state index in [1.165, 1.54) is 13.0 Å². The maximum absolute atomic E-state index is 12.2. The third-order valence-corrected chi connectivity index (χ3v) is 2.01. The summed E-state index contributed by atoms with van der Waals surface area (Å²) in [4.78, 5) is 3.56. The molecule has 1 aromatic rings. The van der Waals surface area contributed by atoms with Crippen molar-refractivity contribution in [2.75, 3.05) is 0 Å². The minimum atomic E-state index is -4.46. The van der Waals surface area contributed by atoms with Crippen LogP contribution >= 0.6 is 11.6 Å². The van der Waals surface area contributed by atoms with Gasteiger partial charge in [0, 0.05) is 6.20 Å². The molecule has 1 heterocycles. The number of nitrogens with zero attached hydrogens (tertiary/aromatic N) is 1. The zero-order chi connectivity index (χ0) is 10.9. The first-order chi connectivity index (χ1) is 6.32. The van der Waals surface area contributed by atoms with Crippen molar-refractivity contribution in [1.82, 2.24) is 4.98 Å². The molecule has 0 radical (unpaired) electrons. The first-order valence-corrected chi connectivity index (χ1v) is 4.14. The van der Waals surface area contributed by atoms with E-state index in [0.29, 0.717) is 5.56 Å². The highest BCUT2D eigenvalue weighted by atomic mass is 35.5. The van der Waals surface area contributed by atoms with E-state index >= 15 is 0 Å². The Labute approximate surface area is 83.9 Å². The molecule has 0 saturated carbocycles. The van der Waals surface area contributed by atoms with Crippen molar-refractivity contribution in [1.29, 1.82) is 0 Å². The van der Waals surface area contributed by atoms with Gasteiger partial charge in [0.15, 0.2) is 0 Å². The van der Waals surface area contributed by atoms with Gasteiger partial charge in [0.25, 0.3) is 0 Å². The highest BCUT2D eigenvalue weighted by Crippen LogP contribution is 2.32. The summed E-state index contributed by atoms with van der Waals surface area (Å²) >= 11 is 5.50. The summed E-state index contributed by atoms with van der Waals surface area (Å²) in [6.07, 6.45) is -3.41. The summed E-state index contributed by atoms with van der Waals surface area (Å²) in [7, 11) is 0. The van der Waals surface area contributed by atoms with E-state index in [-0.39, 0.29) is 10.7 Å². The van der Waals surface area contributed by atoms with E-state index in [2.05, 4.69) is 4.98 Å². The normalized spacial score (nSPS) is 14.1. The average molecular weight is 225 g/mol. The number of alkyl halides is 3. The molecule has 0 aliphatic carbocycles. The van der Waals surface area contributed by atoms with E-state index in [4.69, 9.17) is 17.3 Å². The quantitative estimate of drug-likeness (QED) is 0.745. The first-order valence-electron chi connectivity index (χ1n) is 3.76. The van der Waals surface area contributed by atoms with E-state index in [1.807, 2.05) is 0 Å². The summed E-state index contributed by atoms with van der Waals surface area (Å²) in [6, 6.07) is -0.657. The molecule has 0 aromatic carbocycles. The summed E-state index contributed by atoms with van der Waals surface area (Å²) < 4.78 is 36.7. The lowest BCUT2D eigenvalue weighted by Crippen LogP contribution is -2.29. The molecule has 1 atom stereocenters. The van der Waals surface area contributed by atoms with Gasteiger partial charge < -0.3 is 5.73 Å². The molecule has 0 aliphatic heterocycles. The predicted octanol–water partition coefficient (Wildman–Crippen LogP) is 2.61. The number of nitrogens with two attached hydrogens (primary N) is 1. The zero-order valence-corrected chi connectivity index (χ0v) is 8.02. The van der Waals surface area contributed by atoms with Crippen LogP contribution in [0.15, 0.2) is 12.3 Å². The number of pyridine rings is 1. The van der Waals surface area contributed by atoms with Crippen LogP contribution < -0.4 is 5.73 Å². The number of halogens is 4. The molecular formula is C8H8ClF3N2. The zero-order valence-electron chi connectivity index (χ0n) is 7.27. The molecule has 0 fully saturated rings. The van der Waals surface area contributed by atoms with Crippen molar-refractivity contribution in [3.05, 3.63) is 28.5 Å². The Balaban J connectivity index is 3.08. The van der Waals surface area contributed by atoms with Gasteiger partial charge in [0.1, 0.15) is 11.2 Å². The molecule has 0 amide bonds. The van der Waals surface area contributed by atoms with Crippen LogP contribution in [0.4, 0.5) is 13.2 Å². The second kappa shape index (κ2) is 3.74. The Kier molecular flexibility index (Phi) is 3.01. The number of hydrogen-bond acceptors (Lipinski definition) is 2. The Morgan fingerprint density at radius 2 is 2.07 bits per heavy atom. The molecule has 0 saturated heterocycles. The molecule has 1 rings (SSSR count). The van der Waals surface area contributed by atoms with Crippen LogP contribution in [0.3, 0.4) is 0 Å². The molecule has 2 nitrogen and oxygen atoms in total. The van der Waals surface area contributed by atoms with Crippen LogP contribution in [0.25, 0.3) is 0 Å². The maximum Gasteiger partial charge on any atom is 0.407 e. The summed E-state index contributed by atoms with van der Waals surface area (Å²) in [5.74, 6) is 0. The van der Waals surface area contributed by atoms with E-state index in [0.717, 1.165) is 6.20 Å². The Morgan fingerprint density at radius 1 is 1.50 bits per heavy atom. The highest BCUT2D eigenvalue weighted by Gasteiger charge is 2.38. The first kappa shape index (κ1) is 11.3. The van der Waals surface area contributed by atoms with Gasteiger partial charge in [0.05, 0.1) is 0 Å². The summed E-state index contributed by atoms with van der Waals surface area (Å²) in [6.45, 7) is 1.51. The lowest BCUT2D eigenvalue weighted by Gasteiger charge is -2.17. The van der Waals surface area contributed by atoms with Crippen LogP contribution in [0.2, 0.25) is 5.15 Å². The summed E-state index contributed by atoms with van der Waals surface area (Å²) in [5.41, 5.74) is 5.35. The van der Waals surface area contributed by atoms with Crippen molar-refractivity contribution in [2.24, 2.45) is 5.73 Å². The molecule has 0 spiro atoms. The molecular weight excluding hydrogens is 217 g/mol.